The van der Waals surface area contributed by atoms with Crippen LogP contribution in [0.15, 0.2) is 76.7 Å². The largest absolute Gasteiger partial charge is 0.482 e. The minimum absolute atomic E-state index is 0.0394. The first-order chi connectivity index (χ1) is 17.6. The average Bonchev–Trinajstić information content (AvgIpc) is 2.88. The Labute approximate surface area is 220 Å². The van der Waals surface area contributed by atoms with Crippen LogP contribution in [0.2, 0.25) is 5.02 Å². The highest BCUT2D eigenvalue weighted by Crippen LogP contribution is 2.29. The molecule has 0 saturated heterocycles. The Hall–Kier alpha value is -3.89. The number of anilines is 1. The van der Waals surface area contributed by atoms with Gasteiger partial charge in [0.05, 0.1) is 23.9 Å². The first kappa shape index (κ1) is 27.7. The minimum Gasteiger partial charge on any atom is -0.482 e. The second-order valence-corrected chi connectivity index (χ2v) is 10.3. The summed E-state index contributed by atoms with van der Waals surface area (Å²) in [5.41, 5.74) is 4.74. The van der Waals surface area contributed by atoms with Crippen LogP contribution in [0.1, 0.15) is 16.7 Å². The predicted octanol–water partition coefficient (Wildman–Crippen LogP) is 3.85. The Morgan fingerprint density at radius 1 is 1.05 bits per heavy atom. The van der Waals surface area contributed by atoms with Crippen LogP contribution in [0.25, 0.3) is 0 Å². The summed E-state index contributed by atoms with van der Waals surface area (Å²) >= 11 is 6.15. The molecule has 3 aromatic rings. The highest BCUT2D eigenvalue weighted by molar-refractivity contribution is 7.92. The SMILES string of the molecule is COC(=O)COc1cccc(/C=N\NC(=O)CN(c2cc(Cl)ccc2C)S(=O)(=O)c2ccc(C)cc2)c1. The number of hydrogen-bond donors (Lipinski definition) is 1. The number of ether oxygens (including phenoxy) is 2. The molecule has 0 spiro atoms. The summed E-state index contributed by atoms with van der Waals surface area (Å²) in [6, 6.07) is 17.8. The van der Waals surface area contributed by atoms with Crippen molar-refractivity contribution in [3.63, 3.8) is 0 Å². The van der Waals surface area contributed by atoms with E-state index in [-0.39, 0.29) is 17.2 Å². The van der Waals surface area contributed by atoms with Crippen molar-refractivity contribution in [3.8, 4) is 5.75 Å². The lowest BCUT2D eigenvalue weighted by molar-refractivity contribution is -0.142. The van der Waals surface area contributed by atoms with E-state index in [1.54, 1.807) is 55.5 Å². The number of carbonyl (C=O) groups excluding carboxylic acids is 2. The molecule has 3 rings (SSSR count). The van der Waals surface area contributed by atoms with Gasteiger partial charge in [0.25, 0.3) is 15.9 Å². The van der Waals surface area contributed by atoms with Gasteiger partial charge in [0.1, 0.15) is 12.3 Å². The van der Waals surface area contributed by atoms with Gasteiger partial charge in [-0.3, -0.25) is 9.10 Å². The van der Waals surface area contributed by atoms with Gasteiger partial charge in [-0.05, 0) is 61.4 Å². The molecule has 0 atom stereocenters. The lowest BCUT2D eigenvalue weighted by Crippen LogP contribution is -2.40. The van der Waals surface area contributed by atoms with E-state index in [1.807, 2.05) is 6.92 Å². The molecule has 1 N–H and O–H groups in total. The predicted molar refractivity (Wildman–Crippen MR) is 142 cm³/mol. The fraction of sp³-hybridized carbons (Fsp3) is 0.192. The van der Waals surface area contributed by atoms with Crippen molar-refractivity contribution in [2.75, 3.05) is 24.6 Å². The van der Waals surface area contributed by atoms with Crippen LogP contribution in [0.3, 0.4) is 0 Å². The highest BCUT2D eigenvalue weighted by Gasteiger charge is 2.28. The number of nitrogens with zero attached hydrogens (tertiary/aromatic N) is 2. The molecule has 0 heterocycles. The van der Waals surface area contributed by atoms with Gasteiger partial charge < -0.3 is 9.47 Å². The summed E-state index contributed by atoms with van der Waals surface area (Å²) in [5.74, 6) is -0.775. The molecule has 194 valence electrons. The number of esters is 1. The van der Waals surface area contributed by atoms with Gasteiger partial charge in [-0.25, -0.2) is 18.6 Å². The minimum atomic E-state index is -4.10. The van der Waals surface area contributed by atoms with Crippen LogP contribution in [0, 0.1) is 13.8 Å². The zero-order valence-electron chi connectivity index (χ0n) is 20.5. The lowest BCUT2D eigenvalue weighted by atomic mass is 10.2. The quantitative estimate of drug-likeness (QED) is 0.236. The number of rotatable bonds is 10. The van der Waals surface area contributed by atoms with Crippen LogP contribution in [-0.4, -0.2) is 46.8 Å². The number of benzene rings is 3. The topological polar surface area (TPSA) is 114 Å². The zero-order chi connectivity index (χ0) is 27.0. The molecule has 0 unspecified atom stereocenters. The van der Waals surface area contributed by atoms with Crippen molar-refractivity contribution in [1.82, 2.24) is 5.43 Å². The summed E-state index contributed by atoms with van der Waals surface area (Å²) in [7, 11) is -2.83. The van der Waals surface area contributed by atoms with E-state index >= 15 is 0 Å². The second-order valence-electron chi connectivity index (χ2n) is 7.99. The Morgan fingerprint density at radius 3 is 2.49 bits per heavy atom. The molecule has 3 aromatic carbocycles. The molecule has 0 aromatic heterocycles. The van der Waals surface area contributed by atoms with E-state index in [0.717, 1.165) is 9.87 Å². The van der Waals surface area contributed by atoms with Crippen LogP contribution < -0.4 is 14.5 Å². The lowest BCUT2D eigenvalue weighted by Gasteiger charge is -2.25. The summed E-state index contributed by atoms with van der Waals surface area (Å²) < 4.78 is 37.9. The standard InChI is InChI=1S/C26H26ClN3O6S/c1-18-7-11-23(12-8-18)37(33,34)30(24-14-21(27)10-9-19(24)2)16-25(31)29-28-15-20-5-4-6-22(13-20)36-17-26(32)35-3/h4-15H,16-17H2,1-3H3,(H,29,31)/b28-15-. The summed E-state index contributed by atoms with van der Waals surface area (Å²) in [6.45, 7) is 2.80. The molecule has 0 radical (unpaired) electrons. The molecule has 9 nitrogen and oxygen atoms in total. The summed E-state index contributed by atoms with van der Waals surface area (Å²) in [6.07, 6.45) is 1.37. The maximum absolute atomic E-state index is 13.5. The number of carbonyl (C=O) groups is 2. The van der Waals surface area contributed by atoms with Gasteiger partial charge in [-0.15, -0.1) is 0 Å². The molecule has 37 heavy (non-hydrogen) atoms. The first-order valence-electron chi connectivity index (χ1n) is 11.1. The highest BCUT2D eigenvalue weighted by atomic mass is 35.5. The zero-order valence-corrected chi connectivity index (χ0v) is 22.0. The van der Waals surface area contributed by atoms with Gasteiger partial charge in [0.2, 0.25) is 0 Å². The number of aryl methyl sites for hydroxylation is 2. The average molecular weight is 544 g/mol. The van der Waals surface area contributed by atoms with E-state index in [2.05, 4.69) is 15.3 Å². The fourth-order valence-electron chi connectivity index (χ4n) is 3.22. The number of amides is 1. The van der Waals surface area contributed by atoms with Crippen molar-refractivity contribution in [3.05, 3.63) is 88.4 Å². The van der Waals surface area contributed by atoms with E-state index in [1.165, 1.54) is 31.5 Å². The molecular formula is C26H26ClN3O6S. The number of sulfonamides is 1. The molecular weight excluding hydrogens is 518 g/mol. The third kappa shape index (κ3) is 7.55. The van der Waals surface area contributed by atoms with Crippen LogP contribution >= 0.6 is 11.6 Å². The summed E-state index contributed by atoms with van der Waals surface area (Å²) in [5, 5.41) is 4.26. The molecule has 0 aliphatic heterocycles. The molecule has 11 heteroatoms. The first-order valence-corrected chi connectivity index (χ1v) is 12.9. The maximum Gasteiger partial charge on any atom is 0.343 e. The van der Waals surface area contributed by atoms with Gasteiger partial charge in [-0.2, -0.15) is 5.10 Å². The van der Waals surface area contributed by atoms with E-state index in [9.17, 15) is 18.0 Å². The molecule has 0 aliphatic rings. The van der Waals surface area contributed by atoms with Gasteiger partial charge in [0.15, 0.2) is 6.61 Å². The van der Waals surface area contributed by atoms with E-state index in [4.69, 9.17) is 16.3 Å². The molecule has 1 amide bonds. The molecule has 0 aliphatic carbocycles. The van der Waals surface area contributed by atoms with Crippen LogP contribution in [0.4, 0.5) is 5.69 Å². The van der Waals surface area contributed by atoms with Gasteiger partial charge >= 0.3 is 5.97 Å². The maximum atomic E-state index is 13.5. The van der Waals surface area contributed by atoms with Crippen molar-refractivity contribution >= 4 is 45.4 Å². The fourth-order valence-corrected chi connectivity index (χ4v) is 4.86. The third-order valence-corrected chi connectivity index (χ3v) is 7.19. The third-order valence-electron chi connectivity index (χ3n) is 5.18. The Balaban J connectivity index is 1.79. The van der Waals surface area contributed by atoms with Gasteiger partial charge in [0, 0.05) is 5.02 Å². The Bertz CT molecular complexity index is 1410. The van der Waals surface area contributed by atoms with Crippen molar-refractivity contribution in [1.29, 1.82) is 0 Å². The number of hydrazone groups is 1. The Morgan fingerprint density at radius 2 is 1.78 bits per heavy atom. The van der Waals surface area contributed by atoms with Gasteiger partial charge in [-0.1, -0.05) is 47.5 Å². The molecule has 0 fully saturated rings. The Kier molecular flexibility index (Phi) is 9.26. The number of nitrogens with one attached hydrogen (secondary N) is 1. The number of hydrogen-bond acceptors (Lipinski definition) is 7. The smallest absolute Gasteiger partial charge is 0.343 e. The van der Waals surface area contributed by atoms with Crippen molar-refractivity contribution < 1.29 is 27.5 Å². The van der Waals surface area contributed by atoms with Crippen LogP contribution in [0.5, 0.6) is 5.75 Å². The number of methoxy groups -OCH3 is 1. The second kappa shape index (κ2) is 12.4. The molecule has 0 bridgehead atoms. The summed E-state index contributed by atoms with van der Waals surface area (Å²) in [4.78, 5) is 24.1. The van der Waals surface area contributed by atoms with E-state index < -0.39 is 28.4 Å². The van der Waals surface area contributed by atoms with E-state index in [0.29, 0.717) is 21.9 Å². The monoisotopic (exact) mass is 543 g/mol. The molecule has 0 saturated carbocycles. The van der Waals surface area contributed by atoms with Crippen molar-refractivity contribution in [2.45, 2.75) is 18.7 Å². The van der Waals surface area contributed by atoms with Crippen LogP contribution in [-0.2, 0) is 24.3 Å². The normalized spacial score (nSPS) is 11.2. The number of halogens is 1. The van der Waals surface area contributed by atoms with Crippen molar-refractivity contribution in [2.24, 2.45) is 5.10 Å².